The molecule has 0 atom stereocenters. The minimum atomic E-state index is -3.88. The summed E-state index contributed by atoms with van der Waals surface area (Å²) >= 11 is 0. The van der Waals surface area contributed by atoms with Crippen molar-refractivity contribution in [3.8, 4) is 0 Å². The van der Waals surface area contributed by atoms with Gasteiger partial charge in [-0.15, -0.1) is 12.4 Å². The third kappa shape index (κ3) is 4.44. The normalized spacial score (nSPS) is 11.8. The Hall–Kier alpha value is -1.09. The van der Waals surface area contributed by atoms with E-state index in [0.29, 0.717) is 12.8 Å². The third-order valence-corrected chi connectivity index (χ3v) is 4.80. The molecule has 1 aromatic heterocycles. The number of nitrogens with one attached hydrogen (secondary N) is 1. The summed E-state index contributed by atoms with van der Waals surface area (Å²) in [5, 5.41) is -0.336. The highest BCUT2D eigenvalue weighted by molar-refractivity contribution is 7.89. The minimum absolute atomic E-state index is 0. The molecule has 1 aromatic rings. The second kappa shape index (κ2) is 7.79. The smallest absolute Gasteiger partial charge is 0.341 e. The lowest BCUT2D eigenvalue weighted by Crippen LogP contribution is -2.52. The number of hydrogen-bond donors (Lipinski definition) is 2. The summed E-state index contributed by atoms with van der Waals surface area (Å²) in [5.74, 6) is -0.661. The first kappa shape index (κ1) is 19.9. The van der Waals surface area contributed by atoms with Gasteiger partial charge in [0.05, 0.1) is 12.7 Å². The number of esters is 1. The zero-order valence-electron chi connectivity index (χ0n) is 12.2. The standard InChI is InChI=1S/C12H20N2O5S.ClH/c1-4-12(5-2,8-13)14-20(16,17)10-6-9(7-19-10)11(15)18-3;/h6-7,14H,4-5,8,13H2,1-3H3;1H. The molecule has 0 radical (unpaired) electrons. The molecule has 0 aliphatic heterocycles. The lowest BCUT2D eigenvalue weighted by atomic mass is 9.95. The van der Waals surface area contributed by atoms with E-state index in [1.807, 2.05) is 13.8 Å². The Morgan fingerprint density at radius 2 is 2.00 bits per heavy atom. The van der Waals surface area contributed by atoms with Crippen LogP contribution in [0.2, 0.25) is 0 Å². The number of ether oxygens (including phenoxy) is 1. The molecule has 0 saturated carbocycles. The number of methoxy groups -OCH3 is 1. The Balaban J connectivity index is 0.00000400. The monoisotopic (exact) mass is 340 g/mol. The van der Waals surface area contributed by atoms with Gasteiger partial charge in [-0.05, 0) is 12.8 Å². The van der Waals surface area contributed by atoms with Crippen molar-refractivity contribution in [1.29, 1.82) is 0 Å². The maximum absolute atomic E-state index is 12.2. The molecule has 0 aliphatic carbocycles. The first-order valence-corrected chi connectivity index (χ1v) is 7.73. The molecule has 0 aromatic carbocycles. The van der Waals surface area contributed by atoms with E-state index in [1.54, 1.807) is 0 Å². The van der Waals surface area contributed by atoms with Crippen molar-refractivity contribution in [2.45, 2.75) is 37.3 Å². The summed E-state index contributed by atoms with van der Waals surface area (Å²) in [6.07, 6.45) is 2.13. The van der Waals surface area contributed by atoms with E-state index in [9.17, 15) is 13.2 Å². The average molecular weight is 341 g/mol. The Kier molecular flexibility index (Phi) is 7.38. The number of carbonyl (C=O) groups is 1. The van der Waals surface area contributed by atoms with Crippen molar-refractivity contribution in [3.05, 3.63) is 17.9 Å². The van der Waals surface area contributed by atoms with Crippen LogP contribution < -0.4 is 10.5 Å². The molecule has 21 heavy (non-hydrogen) atoms. The van der Waals surface area contributed by atoms with Crippen molar-refractivity contribution in [1.82, 2.24) is 4.72 Å². The Morgan fingerprint density at radius 3 is 2.43 bits per heavy atom. The highest BCUT2D eigenvalue weighted by Gasteiger charge is 2.32. The number of hydrogen-bond acceptors (Lipinski definition) is 6. The number of sulfonamides is 1. The molecule has 1 heterocycles. The topological polar surface area (TPSA) is 112 Å². The molecule has 0 bridgehead atoms. The molecule has 9 heteroatoms. The maximum atomic E-state index is 12.2. The second-order valence-electron chi connectivity index (χ2n) is 4.44. The van der Waals surface area contributed by atoms with Crippen LogP contribution in [0.5, 0.6) is 0 Å². The van der Waals surface area contributed by atoms with Crippen LogP contribution in [0.1, 0.15) is 37.0 Å². The number of furan rings is 1. The predicted molar refractivity (Wildman–Crippen MR) is 80.0 cm³/mol. The van der Waals surface area contributed by atoms with E-state index < -0.39 is 21.5 Å². The quantitative estimate of drug-likeness (QED) is 0.723. The van der Waals surface area contributed by atoms with Crippen LogP contribution in [0.15, 0.2) is 21.8 Å². The molecule has 0 amide bonds. The number of rotatable bonds is 7. The SMILES string of the molecule is CCC(CC)(CN)NS(=O)(=O)c1cc(C(=O)OC)co1.Cl. The first-order chi connectivity index (χ1) is 9.34. The molecular weight excluding hydrogens is 320 g/mol. The fraction of sp³-hybridized carbons (Fsp3) is 0.583. The second-order valence-corrected chi connectivity index (χ2v) is 6.06. The van der Waals surface area contributed by atoms with Gasteiger partial charge in [-0.2, -0.15) is 0 Å². The van der Waals surface area contributed by atoms with Crippen LogP contribution in [-0.4, -0.2) is 33.6 Å². The molecule has 122 valence electrons. The number of nitrogens with two attached hydrogens (primary N) is 1. The fourth-order valence-electron chi connectivity index (χ4n) is 1.74. The van der Waals surface area contributed by atoms with Crippen LogP contribution >= 0.6 is 12.4 Å². The van der Waals surface area contributed by atoms with Gasteiger partial charge in [0, 0.05) is 18.2 Å². The zero-order valence-corrected chi connectivity index (χ0v) is 13.8. The Labute approximate surface area is 130 Å². The molecule has 0 unspecified atom stereocenters. The Morgan fingerprint density at radius 1 is 1.43 bits per heavy atom. The van der Waals surface area contributed by atoms with E-state index in [1.165, 1.54) is 7.11 Å². The lowest BCUT2D eigenvalue weighted by molar-refractivity contribution is 0.0600. The van der Waals surface area contributed by atoms with E-state index >= 15 is 0 Å². The maximum Gasteiger partial charge on any atom is 0.341 e. The van der Waals surface area contributed by atoms with Crippen molar-refractivity contribution >= 4 is 28.4 Å². The molecule has 0 aliphatic rings. The highest BCUT2D eigenvalue weighted by Crippen LogP contribution is 2.20. The summed E-state index contributed by atoms with van der Waals surface area (Å²) in [6.45, 7) is 3.87. The summed E-state index contributed by atoms with van der Waals surface area (Å²) in [6, 6.07) is 1.13. The van der Waals surface area contributed by atoms with Gasteiger partial charge in [0.15, 0.2) is 0 Å². The number of carbonyl (C=O) groups excluding carboxylic acids is 1. The van der Waals surface area contributed by atoms with Crippen molar-refractivity contribution in [3.63, 3.8) is 0 Å². The van der Waals surface area contributed by atoms with Crippen molar-refractivity contribution in [2.75, 3.05) is 13.7 Å². The molecule has 3 N–H and O–H groups in total. The van der Waals surface area contributed by atoms with Crippen molar-refractivity contribution in [2.24, 2.45) is 5.73 Å². The predicted octanol–water partition coefficient (Wildman–Crippen LogP) is 1.28. The van der Waals surface area contributed by atoms with Gasteiger partial charge in [-0.1, -0.05) is 13.8 Å². The van der Waals surface area contributed by atoms with Gasteiger partial charge in [-0.25, -0.2) is 17.9 Å². The van der Waals surface area contributed by atoms with E-state index in [4.69, 9.17) is 10.2 Å². The zero-order chi connectivity index (χ0) is 15.4. The van der Waals surface area contributed by atoms with Gasteiger partial charge >= 0.3 is 5.97 Å². The highest BCUT2D eigenvalue weighted by atomic mass is 35.5. The van der Waals surface area contributed by atoms with Crippen LogP contribution in [0, 0.1) is 0 Å². The van der Waals surface area contributed by atoms with Crippen LogP contribution in [0.3, 0.4) is 0 Å². The molecule has 0 spiro atoms. The fourth-order valence-corrected chi connectivity index (χ4v) is 3.24. The molecule has 0 fully saturated rings. The molecular formula is C12H21ClN2O5S. The summed E-state index contributed by atoms with van der Waals surface area (Å²) < 4.78 is 36.4. The minimum Gasteiger partial charge on any atom is -0.465 e. The lowest BCUT2D eigenvalue weighted by Gasteiger charge is -2.30. The van der Waals surface area contributed by atoms with Gasteiger partial charge in [0.25, 0.3) is 10.0 Å². The summed E-state index contributed by atoms with van der Waals surface area (Å²) in [7, 11) is -2.68. The van der Waals surface area contributed by atoms with E-state index in [-0.39, 0.29) is 29.6 Å². The van der Waals surface area contributed by atoms with Gasteiger partial charge in [-0.3, -0.25) is 0 Å². The Bertz CT molecular complexity index is 558. The molecule has 1 rings (SSSR count). The average Bonchev–Trinajstić information content (AvgIpc) is 2.94. The van der Waals surface area contributed by atoms with E-state index in [2.05, 4.69) is 9.46 Å². The largest absolute Gasteiger partial charge is 0.465 e. The van der Waals surface area contributed by atoms with Crippen molar-refractivity contribution < 1.29 is 22.4 Å². The van der Waals surface area contributed by atoms with Gasteiger partial charge in [0.2, 0.25) is 5.09 Å². The van der Waals surface area contributed by atoms with Crippen LogP contribution in [0.25, 0.3) is 0 Å². The third-order valence-electron chi connectivity index (χ3n) is 3.36. The van der Waals surface area contributed by atoms with Gasteiger partial charge in [0.1, 0.15) is 6.26 Å². The van der Waals surface area contributed by atoms with Crippen LogP contribution in [-0.2, 0) is 14.8 Å². The molecule has 7 nitrogen and oxygen atoms in total. The first-order valence-electron chi connectivity index (χ1n) is 6.25. The summed E-state index contributed by atoms with van der Waals surface area (Å²) in [4.78, 5) is 11.3. The van der Waals surface area contributed by atoms with E-state index in [0.717, 1.165) is 12.3 Å². The number of halogens is 1. The van der Waals surface area contributed by atoms with Crippen LogP contribution in [0.4, 0.5) is 0 Å². The summed E-state index contributed by atoms with van der Waals surface area (Å²) in [5.41, 5.74) is 4.97. The van der Waals surface area contributed by atoms with Gasteiger partial charge < -0.3 is 14.9 Å². The molecule has 0 saturated heterocycles.